The minimum Gasteiger partial charge on any atom is -0.321 e. The van der Waals surface area contributed by atoms with E-state index >= 15 is 0 Å². The summed E-state index contributed by atoms with van der Waals surface area (Å²) in [6, 6.07) is 0. The van der Waals surface area contributed by atoms with E-state index in [0.29, 0.717) is 19.3 Å². The van der Waals surface area contributed by atoms with Crippen molar-refractivity contribution in [1.82, 2.24) is 10.6 Å². The normalized spacial score (nSPS) is 12.0. The van der Waals surface area contributed by atoms with Crippen LogP contribution in [0.3, 0.4) is 0 Å². The van der Waals surface area contributed by atoms with Crippen LogP contribution >= 0.6 is 0 Å². The highest BCUT2D eigenvalue weighted by Gasteiger charge is 2.26. The molecule has 0 saturated heterocycles. The van der Waals surface area contributed by atoms with E-state index in [4.69, 9.17) is 5.73 Å². The zero-order chi connectivity index (χ0) is 32.4. The number of amides is 2. The molecule has 0 aromatic heterocycles. The Morgan fingerprint density at radius 1 is 0.455 bits per heavy atom. The summed E-state index contributed by atoms with van der Waals surface area (Å²) >= 11 is 0. The second-order valence-corrected chi connectivity index (χ2v) is 13.1. The van der Waals surface area contributed by atoms with Crippen LogP contribution in [-0.4, -0.2) is 17.6 Å². The van der Waals surface area contributed by atoms with Crippen LogP contribution in [0.4, 0.5) is 0 Å². The summed E-state index contributed by atoms with van der Waals surface area (Å²) in [5.41, 5.74) is 6.33. The van der Waals surface area contributed by atoms with Crippen LogP contribution in [-0.2, 0) is 9.59 Å². The average Bonchev–Trinajstić information content (AvgIpc) is 3.01. The topological polar surface area (TPSA) is 84.2 Å². The van der Waals surface area contributed by atoms with E-state index < -0.39 is 5.79 Å². The number of nitrogens with one attached hydrogen (secondary N) is 2. The molecular weight excluding hydrogens is 542 g/mol. The fraction of sp³-hybridized carbons (Fsp3) is 0.846. The molecule has 0 aliphatic carbocycles. The first-order valence-corrected chi connectivity index (χ1v) is 19.2. The number of carbonyl (C=O) groups is 2. The molecule has 0 radical (unpaired) electrons. The molecule has 0 aliphatic rings. The molecule has 0 heterocycles. The smallest absolute Gasteiger partial charge is 0.222 e. The third kappa shape index (κ3) is 30.4. The Labute approximate surface area is 274 Å². The summed E-state index contributed by atoms with van der Waals surface area (Å²) in [6.07, 6.45) is 42.9. The summed E-state index contributed by atoms with van der Waals surface area (Å²) in [5, 5.41) is 5.74. The Morgan fingerprint density at radius 2 is 0.727 bits per heavy atom. The van der Waals surface area contributed by atoms with E-state index in [9.17, 15) is 9.59 Å². The number of unbranched alkanes of at least 4 members (excludes halogenated alkanes) is 22. The van der Waals surface area contributed by atoms with Gasteiger partial charge in [0.1, 0.15) is 0 Å². The minimum absolute atomic E-state index is 0.0756. The molecule has 0 aromatic carbocycles. The first-order chi connectivity index (χ1) is 21.5. The van der Waals surface area contributed by atoms with Gasteiger partial charge in [0.25, 0.3) is 0 Å². The van der Waals surface area contributed by atoms with Crippen molar-refractivity contribution in [3.63, 3.8) is 0 Å². The lowest BCUT2D eigenvalue weighted by atomic mass is 10.1. The van der Waals surface area contributed by atoms with Crippen LogP contribution in [0.15, 0.2) is 24.3 Å². The van der Waals surface area contributed by atoms with E-state index in [1.807, 2.05) is 6.92 Å². The second kappa shape index (κ2) is 32.8. The second-order valence-electron chi connectivity index (χ2n) is 13.1. The van der Waals surface area contributed by atoms with E-state index in [2.05, 4.69) is 48.8 Å². The molecule has 258 valence electrons. The van der Waals surface area contributed by atoms with E-state index in [-0.39, 0.29) is 11.8 Å². The number of carbonyl (C=O) groups excluding carboxylic acids is 2. The molecule has 0 aromatic rings. The third-order valence-electron chi connectivity index (χ3n) is 8.61. The summed E-state index contributed by atoms with van der Waals surface area (Å²) in [7, 11) is 0. The summed E-state index contributed by atoms with van der Waals surface area (Å²) in [6.45, 7) is 6.42. The molecule has 4 N–H and O–H groups in total. The summed E-state index contributed by atoms with van der Waals surface area (Å²) < 4.78 is 0. The summed E-state index contributed by atoms with van der Waals surface area (Å²) in [4.78, 5) is 25.0. The maximum atomic E-state index is 12.5. The molecule has 0 saturated carbocycles. The Kier molecular flexibility index (Phi) is 31.6. The lowest BCUT2D eigenvalue weighted by molar-refractivity contribution is -0.127. The van der Waals surface area contributed by atoms with Gasteiger partial charge in [0.15, 0.2) is 5.79 Å². The lowest BCUT2D eigenvalue weighted by Gasteiger charge is -2.30. The zero-order valence-electron chi connectivity index (χ0n) is 29.7. The third-order valence-corrected chi connectivity index (χ3v) is 8.61. The molecular formula is C39H75N3O2. The Hall–Kier alpha value is -1.62. The van der Waals surface area contributed by atoms with Crippen molar-refractivity contribution in [2.24, 2.45) is 5.73 Å². The predicted molar refractivity (Wildman–Crippen MR) is 192 cm³/mol. The molecule has 2 amide bonds. The van der Waals surface area contributed by atoms with Crippen LogP contribution in [0.1, 0.15) is 207 Å². The van der Waals surface area contributed by atoms with Crippen molar-refractivity contribution in [3.8, 4) is 0 Å². The fourth-order valence-corrected chi connectivity index (χ4v) is 5.54. The van der Waals surface area contributed by atoms with Gasteiger partial charge in [-0.2, -0.15) is 0 Å². The van der Waals surface area contributed by atoms with Gasteiger partial charge < -0.3 is 10.6 Å². The Balaban J connectivity index is 3.73. The molecule has 44 heavy (non-hydrogen) atoms. The maximum Gasteiger partial charge on any atom is 0.222 e. The van der Waals surface area contributed by atoms with Gasteiger partial charge in [0, 0.05) is 19.3 Å². The number of hydrogen-bond acceptors (Lipinski definition) is 3. The molecule has 0 spiro atoms. The summed E-state index contributed by atoms with van der Waals surface area (Å²) in [5.74, 6) is -1.31. The Bertz CT molecular complexity index is 649. The first kappa shape index (κ1) is 42.4. The van der Waals surface area contributed by atoms with Crippen molar-refractivity contribution < 1.29 is 9.59 Å². The molecule has 5 heteroatoms. The number of hydrogen-bond donors (Lipinski definition) is 3. The quantitative estimate of drug-likeness (QED) is 0.0389. The molecule has 5 nitrogen and oxygen atoms in total. The van der Waals surface area contributed by atoms with Gasteiger partial charge in [0.2, 0.25) is 11.8 Å². The average molecular weight is 618 g/mol. The number of allylic oxidation sites excluding steroid dienone is 4. The van der Waals surface area contributed by atoms with Crippen LogP contribution in [0, 0.1) is 0 Å². The molecule has 0 atom stereocenters. The highest BCUT2D eigenvalue weighted by molar-refractivity contribution is 5.80. The standard InChI is InChI=1S/C39H75N3O2/c1-4-7-9-11-13-15-17-19-21-23-25-27-29-31-33-35-37(43)41-39(40,6-3)42-38(44)36-34-32-30-28-26-24-22-20-18-16-14-12-10-8-5-2/h19-22H,4-18,23-36,40H2,1-3H3,(H,41,43)(H,42,44)/b21-19-,22-20-. The largest absolute Gasteiger partial charge is 0.321 e. The maximum absolute atomic E-state index is 12.5. The fourth-order valence-electron chi connectivity index (χ4n) is 5.54. The SMILES string of the molecule is CCCCCCCC/C=C\CCCCCCCC(=O)NC(N)(CC)NC(=O)CCCCCCC/C=C\CCCCCCCC. The van der Waals surface area contributed by atoms with Crippen LogP contribution < -0.4 is 16.4 Å². The van der Waals surface area contributed by atoms with Gasteiger partial charge in [-0.15, -0.1) is 0 Å². The van der Waals surface area contributed by atoms with Gasteiger partial charge >= 0.3 is 0 Å². The van der Waals surface area contributed by atoms with Crippen LogP contribution in [0.5, 0.6) is 0 Å². The molecule has 0 unspecified atom stereocenters. The van der Waals surface area contributed by atoms with Gasteiger partial charge in [0.05, 0.1) is 0 Å². The Morgan fingerprint density at radius 3 is 1.02 bits per heavy atom. The van der Waals surface area contributed by atoms with Gasteiger partial charge in [-0.3, -0.25) is 15.3 Å². The number of rotatable bonds is 33. The van der Waals surface area contributed by atoms with Gasteiger partial charge in [-0.25, -0.2) is 0 Å². The predicted octanol–water partition coefficient (Wildman–Crippen LogP) is 11.3. The monoisotopic (exact) mass is 618 g/mol. The van der Waals surface area contributed by atoms with Crippen molar-refractivity contribution >= 4 is 11.8 Å². The van der Waals surface area contributed by atoms with Gasteiger partial charge in [-0.05, 0) is 64.2 Å². The zero-order valence-corrected chi connectivity index (χ0v) is 29.7. The van der Waals surface area contributed by atoms with Crippen molar-refractivity contribution in [1.29, 1.82) is 0 Å². The molecule has 0 bridgehead atoms. The molecule has 0 aliphatic heterocycles. The van der Waals surface area contributed by atoms with E-state index in [1.54, 1.807) is 0 Å². The van der Waals surface area contributed by atoms with E-state index in [0.717, 1.165) is 38.5 Å². The molecule has 0 rings (SSSR count). The van der Waals surface area contributed by atoms with Crippen molar-refractivity contribution in [2.45, 2.75) is 213 Å². The first-order valence-electron chi connectivity index (χ1n) is 19.2. The minimum atomic E-state index is -1.15. The van der Waals surface area contributed by atoms with E-state index in [1.165, 1.54) is 128 Å². The van der Waals surface area contributed by atoms with Crippen molar-refractivity contribution in [2.75, 3.05) is 0 Å². The molecule has 0 fully saturated rings. The highest BCUT2D eigenvalue weighted by Crippen LogP contribution is 2.12. The van der Waals surface area contributed by atoms with Crippen molar-refractivity contribution in [3.05, 3.63) is 24.3 Å². The highest BCUT2D eigenvalue weighted by atomic mass is 16.2. The van der Waals surface area contributed by atoms with Crippen LogP contribution in [0.2, 0.25) is 0 Å². The van der Waals surface area contributed by atoms with Gasteiger partial charge in [-0.1, -0.05) is 148 Å². The lowest BCUT2D eigenvalue weighted by Crippen LogP contribution is -2.66. The number of nitrogens with two attached hydrogens (primary N) is 1. The van der Waals surface area contributed by atoms with Crippen LogP contribution in [0.25, 0.3) is 0 Å².